The molecule has 0 spiro atoms. The van der Waals surface area contributed by atoms with Gasteiger partial charge >= 0.3 is 7.60 Å². The predicted octanol–water partition coefficient (Wildman–Crippen LogP) is 2.58. The quantitative estimate of drug-likeness (QED) is 0.134. The van der Waals surface area contributed by atoms with Gasteiger partial charge in [0, 0.05) is 45.3 Å². The Morgan fingerprint density at radius 1 is 0.925 bits per heavy atom. The van der Waals surface area contributed by atoms with Crippen LogP contribution in [-0.4, -0.2) is 96.3 Å². The maximum absolute atomic E-state index is 11.2. The number of nitrogens with one attached hydrogen (secondary N) is 3. The van der Waals surface area contributed by atoms with Crippen LogP contribution in [0.4, 0.5) is 17.6 Å². The number of anilines is 3. The van der Waals surface area contributed by atoms with Crippen LogP contribution in [0, 0.1) is 23.7 Å². The maximum Gasteiger partial charge on any atom is 0.326 e. The molecule has 228 valence electrons. The maximum atomic E-state index is 11.2. The number of hydrogen-bond donors (Lipinski definition) is 6. The summed E-state index contributed by atoms with van der Waals surface area (Å²) in [5.74, 6) is 5.08. The summed E-state index contributed by atoms with van der Waals surface area (Å²) in [7, 11) is -3.96. The number of aromatic nitrogens is 2. The first-order valence-electron chi connectivity index (χ1n) is 15.5. The first kappa shape index (κ1) is 31.4. The van der Waals surface area contributed by atoms with Crippen molar-refractivity contribution in [3.05, 3.63) is 6.07 Å². The van der Waals surface area contributed by atoms with Crippen molar-refractivity contribution >= 4 is 25.2 Å². The average molecular weight is 581 g/mol. The molecule has 1 aromatic rings. The highest BCUT2D eigenvalue weighted by atomic mass is 31.2. The lowest BCUT2D eigenvalue weighted by Crippen LogP contribution is -2.47. The molecular weight excluding hydrogens is 527 g/mol. The Labute approximate surface area is 240 Å². The molecule has 2 heterocycles. The fourth-order valence-electron chi connectivity index (χ4n) is 6.50. The van der Waals surface area contributed by atoms with E-state index >= 15 is 0 Å². The highest BCUT2D eigenvalue weighted by Crippen LogP contribution is 2.34. The Bertz CT molecular complexity index is 934. The molecule has 2 saturated carbocycles. The number of piperazine rings is 1. The molecule has 1 aromatic heterocycles. The number of nitrogens with two attached hydrogens (primary N) is 1. The van der Waals surface area contributed by atoms with E-state index in [0.717, 1.165) is 75.9 Å². The summed E-state index contributed by atoms with van der Waals surface area (Å²) in [6, 6.07) is 1.81. The molecule has 3 aliphatic rings. The topological polar surface area (TPSA) is 152 Å². The Morgan fingerprint density at radius 2 is 1.55 bits per heavy atom. The molecule has 0 radical (unpaired) electrons. The van der Waals surface area contributed by atoms with Crippen LogP contribution >= 0.6 is 7.60 Å². The van der Waals surface area contributed by atoms with E-state index in [9.17, 15) is 4.57 Å². The van der Waals surface area contributed by atoms with Gasteiger partial charge in [0.1, 0.15) is 11.6 Å². The van der Waals surface area contributed by atoms with Gasteiger partial charge in [0.2, 0.25) is 5.95 Å². The summed E-state index contributed by atoms with van der Waals surface area (Å²) >= 11 is 0. The molecule has 7 N–H and O–H groups in total. The zero-order valence-corrected chi connectivity index (χ0v) is 25.3. The van der Waals surface area contributed by atoms with Crippen molar-refractivity contribution in [3.63, 3.8) is 0 Å². The molecule has 4 rings (SSSR count). The average Bonchev–Trinajstić information content (AvgIpc) is 3.35. The van der Waals surface area contributed by atoms with E-state index in [4.69, 9.17) is 20.5 Å². The molecule has 11 nitrogen and oxygen atoms in total. The monoisotopic (exact) mass is 580 g/mol. The van der Waals surface area contributed by atoms with E-state index < -0.39 is 7.60 Å². The first-order valence-corrected chi connectivity index (χ1v) is 17.3. The third kappa shape index (κ3) is 11.1. The van der Waals surface area contributed by atoms with Gasteiger partial charge in [-0.1, -0.05) is 13.3 Å². The normalized spacial score (nSPS) is 26.3. The van der Waals surface area contributed by atoms with E-state index in [0.29, 0.717) is 24.2 Å². The fraction of sp³-hybridized carbons (Fsp3) is 0.857. The largest absolute Gasteiger partial charge is 0.383 e. The fourth-order valence-corrected chi connectivity index (χ4v) is 7.05. The number of rotatable bonds is 15. The minimum Gasteiger partial charge on any atom is -0.383 e. The van der Waals surface area contributed by atoms with Crippen LogP contribution in [0.15, 0.2) is 6.07 Å². The molecule has 40 heavy (non-hydrogen) atoms. The van der Waals surface area contributed by atoms with Crippen molar-refractivity contribution in [2.24, 2.45) is 23.7 Å². The molecule has 0 bridgehead atoms. The smallest absolute Gasteiger partial charge is 0.326 e. The van der Waals surface area contributed by atoms with Crippen LogP contribution in [0.5, 0.6) is 0 Å². The summed E-state index contributed by atoms with van der Waals surface area (Å²) in [5.41, 5.74) is 6.11. The van der Waals surface area contributed by atoms with Crippen molar-refractivity contribution < 1.29 is 14.4 Å². The van der Waals surface area contributed by atoms with E-state index in [1.807, 2.05) is 0 Å². The molecule has 0 amide bonds. The van der Waals surface area contributed by atoms with Gasteiger partial charge in [0.25, 0.3) is 0 Å². The van der Waals surface area contributed by atoms with Crippen LogP contribution < -0.4 is 26.6 Å². The second-order valence-electron chi connectivity index (χ2n) is 12.5. The number of nitrogen functional groups attached to an aromatic ring is 1. The van der Waals surface area contributed by atoms with Gasteiger partial charge in [-0.05, 0) is 94.8 Å². The van der Waals surface area contributed by atoms with Crippen molar-refractivity contribution in [2.45, 2.75) is 58.3 Å². The summed E-state index contributed by atoms with van der Waals surface area (Å²) in [5, 5.41) is 10.8. The minimum absolute atomic E-state index is 0.0997. The van der Waals surface area contributed by atoms with Crippen molar-refractivity contribution in [2.75, 3.05) is 87.6 Å². The van der Waals surface area contributed by atoms with Crippen LogP contribution in [0.25, 0.3) is 0 Å². The van der Waals surface area contributed by atoms with Crippen LogP contribution in [0.2, 0.25) is 0 Å². The SMILES string of the molecule is CC1CC[C@@H](CNCCCNCC2CCC(CNc3nc(N)cc(N4CCN(CCP(=O)(O)O)CC4)n3)CC2)C1. The Morgan fingerprint density at radius 3 is 2.17 bits per heavy atom. The summed E-state index contributed by atoms with van der Waals surface area (Å²) in [6.07, 6.45) is 10.3. The lowest BCUT2D eigenvalue weighted by atomic mass is 9.82. The van der Waals surface area contributed by atoms with Gasteiger partial charge in [0.15, 0.2) is 0 Å². The Hall–Kier alpha value is -1.49. The van der Waals surface area contributed by atoms with Crippen LogP contribution in [0.3, 0.4) is 0 Å². The second kappa shape index (κ2) is 15.7. The van der Waals surface area contributed by atoms with Crippen molar-refractivity contribution in [3.8, 4) is 0 Å². The van der Waals surface area contributed by atoms with Crippen LogP contribution in [-0.2, 0) is 4.57 Å². The lowest BCUT2D eigenvalue weighted by molar-refractivity contribution is 0.263. The highest BCUT2D eigenvalue weighted by Gasteiger charge is 2.24. The molecule has 2 atom stereocenters. The Kier molecular flexibility index (Phi) is 12.3. The van der Waals surface area contributed by atoms with Gasteiger partial charge in [-0.25, -0.2) is 0 Å². The molecule has 2 aliphatic carbocycles. The summed E-state index contributed by atoms with van der Waals surface area (Å²) in [6.45, 7) is 11.2. The molecular formula is C28H53N8O3P. The molecule has 1 unspecified atom stereocenters. The third-order valence-corrected chi connectivity index (χ3v) is 9.81. The van der Waals surface area contributed by atoms with Gasteiger partial charge < -0.3 is 36.4 Å². The minimum atomic E-state index is -3.96. The molecule has 1 saturated heterocycles. The van der Waals surface area contributed by atoms with E-state index in [1.54, 1.807) is 6.07 Å². The molecule has 3 fully saturated rings. The van der Waals surface area contributed by atoms with Gasteiger partial charge in [-0.2, -0.15) is 9.97 Å². The lowest BCUT2D eigenvalue weighted by Gasteiger charge is -2.35. The Balaban J connectivity index is 1.07. The van der Waals surface area contributed by atoms with E-state index in [1.165, 1.54) is 57.9 Å². The second-order valence-corrected chi connectivity index (χ2v) is 14.3. The van der Waals surface area contributed by atoms with Crippen LogP contribution in [0.1, 0.15) is 58.3 Å². The van der Waals surface area contributed by atoms with Crippen molar-refractivity contribution in [1.82, 2.24) is 25.5 Å². The number of nitrogens with zero attached hydrogens (tertiary/aromatic N) is 4. The van der Waals surface area contributed by atoms with Gasteiger partial charge in [0.05, 0.1) is 6.16 Å². The van der Waals surface area contributed by atoms with E-state index in [2.05, 4.69) is 37.7 Å². The standard InChI is InChI=1S/C28H53N8O3P/c1-22-3-4-25(17-22)20-31-10-2-9-30-19-23-5-7-24(8-6-23)21-32-28-33-26(29)18-27(34-28)36-13-11-35(12-14-36)15-16-40(37,38)39/h18,22-25,30-31H,2-17,19-21H2,1H3,(H2,37,38,39)(H3,29,32,33,34)/t22?,23?,24?,25-/m1/s1. The molecule has 1 aliphatic heterocycles. The molecule has 0 aromatic carbocycles. The summed E-state index contributed by atoms with van der Waals surface area (Å²) < 4.78 is 11.2. The zero-order valence-electron chi connectivity index (χ0n) is 24.4. The third-order valence-electron chi connectivity index (χ3n) is 9.03. The first-order chi connectivity index (χ1) is 19.2. The highest BCUT2D eigenvalue weighted by molar-refractivity contribution is 7.51. The zero-order chi connectivity index (χ0) is 28.4. The summed E-state index contributed by atoms with van der Waals surface area (Å²) in [4.78, 5) is 31.7. The van der Waals surface area contributed by atoms with Gasteiger partial charge in [-0.3, -0.25) is 9.46 Å². The van der Waals surface area contributed by atoms with Crippen molar-refractivity contribution in [1.29, 1.82) is 0 Å². The van der Waals surface area contributed by atoms with Gasteiger partial charge in [-0.15, -0.1) is 0 Å². The molecule has 12 heteroatoms. The number of hydrogen-bond acceptors (Lipinski definition) is 9. The van der Waals surface area contributed by atoms with E-state index in [-0.39, 0.29) is 6.16 Å². The predicted molar refractivity (Wildman–Crippen MR) is 163 cm³/mol.